The summed E-state index contributed by atoms with van der Waals surface area (Å²) in [7, 11) is -2.15. The third kappa shape index (κ3) is 3.48. The average molecular weight is 359 g/mol. The molecule has 0 atom stereocenters. The van der Waals surface area contributed by atoms with E-state index in [9.17, 15) is 13.2 Å². The number of nitrogens with zero attached hydrogens (tertiary/aromatic N) is 1. The number of methoxy groups -OCH3 is 1. The van der Waals surface area contributed by atoms with Gasteiger partial charge in [0.2, 0.25) is 10.0 Å². The van der Waals surface area contributed by atoms with Crippen LogP contribution in [-0.2, 0) is 24.3 Å². The van der Waals surface area contributed by atoms with Gasteiger partial charge in [-0.25, -0.2) is 8.42 Å². The van der Waals surface area contributed by atoms with Crippen molar-refractivity contribution in [2.24, 2.45) is 5.41 Å². The van der Waals surface area contributed by atoms with E-state index in [0.717, 1.165) is 32.1 Å². The Kier molecular flexibility index (Phi) is 5.23. The summed E-state index contributed by atoms with van der Waals surface area (Å²) >= 11 is 0. The van der Waals surface area contributed by atoms with E-state index in [1.54, 1.807) is 4.31 Å². The van der Waals surface area contributed by atoms with Crippen LogP contribution < -0.4 is 0 Å². The zero-order chi connectivity index (χ0) is 17.3. The molecule has 6 nitrogen and oxygen atoms in total. The number of rotatable bonds is 4. The summed E-state index contributed by atoms with van der Waals surface area (Å²) in [5.41, 5.74) is -1.15. The van der Waals surface area contributed by atoms with Gasteiger partial charge in [0.15, 0.2) is 0 Å². The van der Waals surface area contributed by atoms with Gasteiger partial charge in [0.05, 0.1) is 30.5 Å². The van der Waals surface area contributed by atoms with Crippen LogP contribution in [0.3, 0.4) is 0 Å². The zero-order valence-electron chi connectivity index (χ0n) is 14.6. The zero-order valence-corrected chi connectivity index (χ0v) is 15.4. The van der Waals surface area contributed by atoms with Crippen molar-refractivity contribution in [3.63, 3.8) is 0 Å². The number of hydrogen-bond donors (Lipinski definition) is 0. The second kappa shape index (κ2) is 6.92. The van der Waals surface area contributed by atoms with E-state index in [-0.39, 0.29) is 17.3 Å². The van der Waals surface area contributed by atoms with E-state index in [1.807, 2.05) is 0 Å². The van der Waals surface area contributed by atoms with Crippen LogP contribution >= 0.6 is 0 Å². The third-order valence-electron chi connectivity index (χ3n) is 6.01. The van der Waals surface area contributed by atoms with E-state index >= 15 is 0 Å². The second-order valence-corrected chi connectivity index (χ2v) is 9.63. The lowest BCUT2D eigenvalue weighted by Gasteiger charge is -2.44. The Morgan fingerprint density at radius 3 is 2.29 bits per heavy atom. The summed E-state index contributed by atoms with van der Waals surface area (Å²) in [6.45, 7) is 1.28. The van der Waals surface area contributed by atoms with Crippen LogP contribution in [0.1, 0.15) is 57.8 Å². The first-order valence-corrected chi connectivity index (χ1v) is 10.7. The lowest BCUT2D eigenvalue weighted by molar-refractivity contribution is -0.156. The monoisotopic (exact) mass is 359 g/mol. The molecule has 0 bridgehead atoms. The molecule has 3 aliphatic rings. The molecule has 24 heavy (non-hydrogen) atoms. The van der Waals surface area contributed by atoms with E-state index in [0.29, 0.717) is 32.5 Å². The largest absolute Gasteiger partial charge is 0.469 e. The molecule has 7 heteroatoms. The maximum absolute atomic E-state index is 13.0. The van der Waals surface area contributed by atoms with Crippen molar-refractivity contribution in [2.75, 3.05) is 32.6 Å². The van der Waals surface area contributed by atoms with Crippen molar-refractivity contribution in [3.8, 4) is 0 Å². The van der Waals surface area contributed by atoms with Crippen molar-refractivity contribution < 1.29 is 22.7 Å². The Labute approximate surface area is 144 Å². The Morgan fingerprint density at radius 2 is 1.75 bits per heavy atom. The summed E-state index contributed by atoms with van der Waals surface area (Å²) in [6, 6.07) is 0. The standard InChI is InChI=1S/C17H29NO5S/c1-22-15(19)16(7-6-8-16)14-24(20,21)18-11-12-23-17(13-18)9-4-2-3-5-10-17/h2-14H2,1H3. The van der Waals surface area contributed by atoms with Gasteiger partial charge in [-0.2, -0.15) is 4.31 Å². The number of carbonyl (C=O) groups excluding carboxylic acids is 1. The van der Waals surface area contributed by atoms with Crippen molar-refractivity contribution in [1.82, 2.24) is 4.31 Å². The van der Waals surface area contributed by atoms with Gasteiger partial charge in [0.25, 0.3) is 0 Å². The highest BCUT2D eigenvalue weighted by Crippen LogP contribution is 2.44. The molecule has 1 saturated heterocycles. The number of sulfonamides is 1. The highest BCUT2D eigenvalue weighted by Gasteiger charge is 2.51. The van der Waals surface area contributed by atoms with Crippen LogP contribution in [0.2, 0.25) is 0 Å². The highest BCUT2D eigenvalue weighted by atomic mass is 32.2. The molecule has 1 aliphatic heterocycles. The van der Waals surface area contributed by atoms with Gasteiger partial charge < -0.3 is 9.47 Å². The van der Waals surface area contributed by atoms with Crippen LogP contribution in [0, 0.1) is 5.41 Å². The first-order chi connectivity index (χ1) is 11.4. The third-order valence-corrected chi connectivity index (χ3v) is 8.03. The van der Waals surface area contributed by atoms with Gasteiger partial charge >= 0.3 is 5.97 Å². The lowest BCUT2D eigenvalue weighted by atomic mass is 9.70. The molecule has 0 N–H and O–H groups in total. The number of esters is 1. The number of hydrogen-bond acceptors (Lipinski definition) is 5. The molecule has 138 valence electrons. The second-order valence-electron chi connectivity index (χ2n) is 7.66. The molecule has 2 saturated carbocycles. The Morgan fingerprint density at radius 1 is 1.08 bits per heavy atom. The molecule has 0 aromatic rings. The SMILES string of the molecule is COC(=O)C1(CS(=O)(=O)N2CCOC3(CCCCCC3)C2)CCC1. The van der Waals surface area contributed by atoms with Gasteiger partial charge in [-0.3, -0.25) is 4.79 Å². The Bertz CT molecular complexity index is 562. The minimum atomic E-state index is -3.49. The molecule has 0 unspecified atom stereocenters. The quantitative estimate of drug-likeness (QED) is 0.719. The summed E-state index contributed by atoms with van der Waals surface area (Å²) in [5.74, 6) is -0.502. The molecule has 2 aliphatic carbocycles. The molecule has 1 spiro atoms. The van der Waals surface area contributed by atoms with Crippen LogP contribution in [0.4, 0.5) is 0 Å². The van der Waals surface area contributed by atoms with E-state index in [1.165, 1.54) is 20.0 Å². The topological polar surface area (TPSA) is 72.9 Å². The molecule has 3 fully saturated rings. The van der Waals surface area contributed by atoms with Crippen LogP contribution in [0.5, 0.6) is 0 Å². The van der Waals surface area contributed by atoms with Crippen LogP contribution in [0.25, 0.3) is 0 Å². The van der Waals surface area contributed by atoms with Crippen molar-refractivity contribution in [3.05, 3.63) is 0 Å². The molecule has 1 heterocycles. The van der Waals surface area contributed by atoms with Gasteiger partial charge in [0.1, 0.15) is 0 Å². The maximum Gasteiger partial charge on any atom is 0.312 e. The summed E-state index contributed by atoms with van der Waals surface area (Å²) in [5, 5.41) is 0. The molecule has 0 aromatic heterocycles. The lowest BCUT2D eigenvalue weighted by Crippen LogP contribution is -2.56. The number of ether oxygens (including phenoxy) is 2. The first kappa shape index (κ1) is 18.1. The van der Waals surface area contributed by atoms with Crippen LogP contribution in [0.15, 0.2) is 0 Å². The molecular formula is C17H29NO5S. The van der Waals surface area contributed by atoms with E-state index in [2.05, 4.69) is 0 Å². The molecular weight excluding hydrogens is 330 g/mol. The fraction of sp³-hybridized carbons (Fsp3) is 0.941. The summed E-state index contributed by atoms with van der Waals surface area (Å²) in [4.78, 5) is 12.1. The predicted octanol–water partition coefficient (Wildman–Crippen LogP) is 2.08. The van der Waals surface area contributed by atoms with Crippen molar-refractivity contribution in [2.45, 2.75) is 63.4 Å². The van der Waals surface area contributed by atoms with Crippen molar-refractivity contribution >= 4 is 16.0 Å². The van der Waals surface area contributed by atoms with Gasteiger partial charge in [0, 0.05) is 13.1 Å². The van der Waals surface area contributed by atoms with E-state index in [4.69, 9.17) is 9.47 Å². The molecule has 0 amide bonds. The van der Waals surface area contributed by atoms with Crippen LogP contribution in [-0.4, -0.2) is 56.9 Å². The minimum absolute atomic E-state index is 0.122. The smallest absolute Gasteiger partial charge is 0.312 e. The Balaban J connectivity index is 1.73. The first-order valence-electron chi connectivity index (χ1n) is 9.12. The van der Waals surface area contributed by atoms with E-state index < -0.39 is 15.4 Å². The molecule has 3 rings (SSSR count). The number of morpholine rings is 1. The summed E-state index contributed by atoms with van der Waals surface area (Å²) < 4.78 is 38.5. The summed E-state index contributed by atoms with van der Waals surface area (Å²) in [6.07, 6.45) is 8.55. The maximum atomic E-state index is 13.0. The van der Waals surface area contributed by atoms with Crippen molar-refractivity contribution in [1.29, 1.82) is 0 Å². The number of carbonyl (C=O) groups is 1. The molecule has 0 radical (unpaired) electrons. The fourth-order valence-electron chi connectivity index (χ4n) is 4.39. The van der Waals surface area contributed by atoms with Gasteiger partial charge in [-0.05, 0) is 25.7 Å². The normalized spacial score (nSPS) is 27.2. The van der Waals surface area contributed by atoms with Gasteiger partial charge in [-0.15, -0.1) is 0 Å². The predicted molar refractivity (Wildman–Crippen MR) is 90.0 cm³/mol. The fourth-order valence-corrected chi connectivity index (χ4v) is 6.46. The Hall–Kier alpha value is -0.660. The average Bonchev–Trinajstić information content (AvgIpc) is 2.76. The van der Waals surface area contributed by atoms with Gasteiger partial charge in [-0.1, -0.05) is 32.1 Å². The minimum Gasteiger partial charge on any atom is -0.469 e. The molecule has 0 aromatic carbocycles. The highest BCUT2D eigenvalue weighted by molar-refractivity contribution is 7.89.